The summed E-state index contributed by atoms with van der Waals surface area (Å²) < 4.78 is 5.18. The first-order valence-electron chi connectivity index (χ1n) is 8.67. The number of benzene rings is 1. The average molecular weight is 359 g/mol. The maximum absolute atomic E-state index is 12.2. The molecule has 0 saturated heterocycles. The minimum Gasteiger partial charge on any atom is -0.451 e. The second-order valence-electron chi connectivity index (χ2n) is 5.85. The van der Waals surface area contributed by atoms with Crippen LogP contribution >= 0.6 is 11.3 Å². The molecule has 0 radical (unpaired) electrons. The van der Waals surface area contributed by atoms with Crippen LogP contribution in [0.3, 0.4) is 0 Å². The maximum atomic E-state index is 12.2. The molecule has 1 aromatic carbocycles. The summed E-state index contributed by atoms with van der Waals surface area (Å²) in [7, 11) is 0. The zero-order valence-corrected chi connectivity index (χ0v) is 16.1. The van der Waals surface area contributed by atoms with Gasteiger partial charge in [-0.1, -0.05) is 39.0 Å². The fourth-order valence-electron chi connectivity index (χ4n) is 2.75. The summed E-state index contributed by atoms with van der Waals surface area (Å²) >= 11 is 1.43. The van der Waals surface area contributed by atoms with E-state index in [0.29, 0.717) is 4.88 Å². The zero-order valence-electron chi connectivity index (χ0n) is 15.3. The minimum absolute atomic E-state index is 0.279. The van der Waals surface area contributed by atoms with Crippen molar-refractivity contribution in [1.82, 2.24) is 0 Å². The van der Waals surface area contributed by atoms with Crippen LogP contribution < -0.4 is 5.32 Å². The van der Waals surface area contributed by atoms with E-state index in [0.717, 1.165) is 41.6 Å². The first kappa shape index (κ1) is 19.2. The predicted octanol–water partition coefficient (Wildman–Crippen LogP) is 4.54. The highest BCUT2D eigenvalue weighted by Crippen LogP contribution is 2.24. The van der Waals surface area contributed by atoms with E-state index in [-0.39, 0.29) is 12.5 Å². The van der Waals surface area contributed by atoms with Crippen LogP contribution in [-0.4, -0.2) is 18.5 Å². The van der Waals surface area contributed by atoms with E-state index in [9.17, 15) is 9.59 Å². The number of carbonyl (C=O) groups excluding carboxylic acids is 2. The highest BCUT2D eigenvalue weighted by molar-refractivity contribution is 7.14. The normalized spacial score (nSPS) is 10.6. The Kier molecular flexibility index (Phi) is 6.76. The van der Waals surface area contributed by atoms with Gasteiger partial charge in [0.1, 0.15) is 4.88 Å². The van der Waals surface area contributed by atoms with Crippen molar-refractivity contribution in [1.29, 1.82) is 0 Å². The van der Waals surface area contributed by atoms with Crippen molar-refractivity contribution in [3.05, 3.63) is 50.7 Å². The van der Waals surface area contributed by atoms with Crippen LogP contribution in [0, 0.1) is 6.92 Å². The molecule has 1 amide bonds. The molecule has 0 saturated carbocycles. The number of hydrogen-bond donors (Lipinski definition) is 1. The topological polar surface area (TPSA) is 55.4 Å². The van der Waals surface area contributed by atoms with Gasteiger partial charge in [-0.3, -0.25) is 4.79 Å². The zero-order chi connectivity index (χ0) is 18.4. The maximum Gasteiger partial charge on any atom is 0.348 e. The summed E-state index contributed by atoms with van der Waals surface area (Å²) in [5.41, 5.74) is 4.10. The van der Waals surface area contributed by atoms with Crippen LogP contribution in [-0.2, 0) is 28.8 Å². The third-order valence-electron chi connectivity index (χ3n) is 4.14. The monoisotopic (exact) mass is 359 g/mol. The van der Waals surface area contributed by atoms with Gasteiger partial charge in [0.25, 0.3) is 5.91 Å². The van der Waals surface area contributed by atoms with Gasteiger partial charge in [0.2, 0.25) is 0 Å². The van der Waals surface area contributed by atoms with Crippen LogP contribution in [0.25, 0.3) is 0 Å². The predicted molar refractivity (Wildman–Crippen MR) is 103 cm³/mol. The lowest BCUT2D eigenvalue weighted by Crippen LogP contribution is -2.22. The van der Waals surface area contributed by atoms with Gasteiger partial charge in [-0.25, -0.2) is 4.79 Å². The number of anilines is 1. The number of ether oxygens (including phenoxy) is 1. The average Bonchev–Trinajstić information content (AvgIpc) is 3.00. The Morgan fingerprint density at radius 1 is 1.08 bits per heavy atom. The Morgan fingerprint density at radius 2 is 1.72 bits per heavy atom. The molecule has 1 heterocycles. The minimum atomic E-state index is -0.442. The quantitative estimate of drug-likeness (QED) is 0.739. The highest BCUT2D eigenvalue weighted by Gasteiger charge is 2.16. The molecule has 0 atom stereocenters. The van der Waals surface area contributed by atoms with Crippen LogP contribution in [0.5, 0.6) is 0 Å². The Hall–Kier alpha value is -2.14. The SMILES string of the molecule is CCc1cccc(CC)c1NC(=O)COC(=O)c1cc(C)c(CC)s1. The second-order valence-corrected chi connectivity index (χ2v) is 6.99. The van der Waals surface area contributed by atoms with E-state index >= 15 is 0 Å². The molecule has 5 heteroatoms. The molecule has 4 nitrogen and oxygen atoms in total. The van der Waals surface area contributed by atoms with Gasteiger partial charge in [0.15, 0.2) is 6.61 Å². The summed E-state index contributed by atoms with van der Waals surface area (Å²) in [6.07, 6.45) is 2.55. The van der Waals surface area contributed by atoms with Crippen molar-refractivity contribution >= 4 is 28.9 Å². The molecule has 0 unspecified atom stereocenters. The molecule has 1 aromatic heterocycles. The Bertz CT molecular complexity index is 742. The van der Waals surface area contributed by atoms with Crippen molar-refractivity contribution < 1.29 is 14.3 Å². The molecule has 0 aliphatic carbocycles. The lowest BCUT2D eigenvalue weighted by Gasteiger charge is -2.14. The Morgan fingerprint density at radius 3 is 2.24 bits per heavy atom. The molecule has 25 heavy (non-hydrogen) atoms. The number of amides is 1. The van der Waals surface area contributed by atoms with Gasteiger partial charge in [-0.15, -0.1) is 11.3 Å². The van der Waals surface area contributed by atoms with Crippen molar-refractivity contribution in [2.24, 2.45) is 0 Å². The Labute approximate surface area is 153 Å². The lowest BCUT2D eigenvalue weighted by atomic mass is 10.0. The van der Waals surface area contributed by atoms with E-state index in [4.69, 9.17) is 4.74 Å². The summed E-state index contributed by atoms with van der Waals surface area (Å²) in [5, 5.41) is 2.90. The van der Waals surface area contributed by atoms with Crippen molar-refractivity contribution in [3.8, 4) is 0 Å². The van der Waals surface area contributed by atoms with Crippen molar-refractivity contribution in [3.63, 3.8) is 0 Å². The van der Waals surface area contributed by atoms with E-state index in [1.807, 2.05) is 31.2 Å². The number of thiophene rings is 1. The molecule has 1 N–H and O–H groups in total. The van der Waals surface area contributed by atoms with Gasteiger partial charge < -0.3 is 10.1 Å². The number of nitrogens with one attached hydrogen (secondary N) is 1. The standard InChI is InChI=1S/C20H25NO3S/c1-5-14-9-8-10-15(6-2)19(14)21-18(22)12-24-20(23)17-11-13(4)16(7-3)25-17/h8-11H,5-7,12H2,1-4H3,(H,21,22). The third kappa shape index (κ3) is 4.69. The van der Waals surface area contributed by atoms with Crippen molar-refractivity contribution in [2.75, 3.05) is 11.9 Å². The highest BCUT2D eigenvalue weighted by atomic mass is 32.1. The molecule has 0 bridgehead atoms. The first-order chi connectivity index (χ1) is 12.0. The summed E-state index contributed by atoms with van der Waals surface area (Å²) in [6.45, 7) is 7.85. The number of aryl methyl sites for hydroxylation is 4. The number of carbonyl (C=O) groups is 2. The van der Waals surface area contributed by atoms with Gasteiger partial charge in [-0.05, 0) is 48.9 Å². The first-order valence-corrected chi connectivity index (χ1v) is 9.48. The van der Waals surface area contributed by atoms with Gasteiger partial charge in [-0.2, -0.15) is 0 Å². The van der Waals surface area contributed by atoms with E-state index in [1.54, 1.807) is 0 Å². The van der Waals surface area contributed by atoms with Gasteiger partial charge in [0.05, 0.1) is 0 Å². The number of hydrogen-bond acceptors (Lipinski definition) is 4. The molecule has 0 fully saturated rings. The fourth-order valence-corrected chi connectivity index (χ4v) is 3.76. The summed E-state index contributed by atoms with van der Waals surface area (Å²) in [4.78, 5) is 26.1. The smallest absolute Gasteiger partial charge is 0.348 e. The van der Waals surface area contributed by atoms with Crippen molar-refractivity contribution in [2.45, 2.75) is 47.0 Å². The molecule has 134 valence electrons. The molecular weight excluding hydrogens is 334 g/mol. The fraction of sp³-hybridized carbons (Fsp3) is 0.400. The largest absolute Gasteiger partial charge is 0.451 e. The molecule has 0 aliphatic heterocycles. The van der Waals surface area contributed by atoms with Crippen LogP contribution in [0.1, 0.15) is 52.0 Å². The molecule has 0 spiro atoms. The Balaban J connectivity index is 2.00. The van der Waals surface area contributed by atoms with Crippen LogP contribution in [0.4, 0.5) is 5.69 Å². The van der Waals surface area contributed by atoms with Crippen LogP contribution in [0.15, 0.2) is 24.3 Å². The number of esters is 1. The molecule has 2 aromatic rings. The van der Waals surface area contributed by atoms with Gasteiger partial charge in [0, 0.05) is 10.6 Å². The second kappa shape index (κ2) is 8.81. The third-order valence-corrected chi connectivity index (χ3v) is 5.50. The van der Waals surface area contributed by atoms with Gasteiger partial charge >= 0.3 is 5.97 Å². The molecule has 2 rings (SSSR count). The summed E-state index contributed by atoms with van der Waals surface area (Å²) in [6, 6.07) is 7.83. The molecule has 0 aliphatic rings. The lowest BCUT2D eigenvalue weighted by molar-refractivity contribution is -0.119. The van der Waals surface area contributed by atoms with E-state index in [1.165, 1.54) is 16.2 Å². The van der Waals surface area contributed by atoms with E-state index < -0.39 is 5.97 Å². The van der Waals surface area contributed by atoms with Crippen LogP contribution in [0.2, 0.25) is 0 Å². The summed E-state index contributed by atoms with van der Waals surface area (Å²) in [5.74, 6) is -0.754. The molecular formula is C20H25NO3S. The number of rotatable bonds is 7. The van der Waals surface area contributed by atoms with E-state index in [2.05, 4.69) is 26.1 Å². The number of para-hydroxylation sites is 1.